The molecule has 0 amide bonds. The Balaban J connectivity index is 1.74. The van der Waals surface area contributed by atoms with Crippen LogP contribution in [0.15, 0.2) is 54.6 Å². The summed E-state index contributed by atoms with van der Waals surface area (Å²) in [5.74, 6) is -0.532. The van der Waals surface area contributed by atoms with Crippen molar-refractivity contribution in [1.29, 1.82) is 0 Å². The molecule has 1 aliphatic heterocycles. The van der Waals surface area contributed by atoms with Crippen LogP contribution in [-0.4, -0.2) is 28.3 Å². The van der Waals surface area contributed by atoms with Crippen molar-refractivity contribution in [2.75, 3.05) is 0 Å². The molecule has 1 aliphatic carbocycles. The Hall–Kier alpha value is -3.31. The Morgan fingerprint density at radius 2 is 1.89 bits per heavy atom. The summed E-state index contributed by atoms with van der Waals surface area (Å²) in [7, 11) is 0. The number of ether oxygens (including phenoxy) is 1. The van der Waals surface area contributed by atoms with Gasteiger partial charge in [0.15, 0.2) is 0 Å². The van der Waals surface area contributed by atoms with E-state index < -0.39 is 18.2 Å². The molecule has 2 heterocycles. The van der Waals surface area contributed by atoms with Gasteiger partial charge in [-0.15, -0.1) is 0 Å². The van der Waals surface area contributed by atoms with Crippen molar-refractivity contribution in [2.45, 2.75) is 64.1 Å². The third kappa shape index (κ3) is 4.78. The third-order valence-corrected chi connectivity index (χ3v) is 6.86. The van der Waals surface area contributed by atoms with Crippen LogP contribution in [0.5, 0.6) is 0 Å². The molecule has 1 fully saturated rings. The summed E-state index contributed by atoms with van der Waals surface area (Å²) in [6.07, 6.45) is 5.88. The third-order valence-electron chi connectivity index (χ3n) is 6.86. The highest BCUT2D eigenvalue weighted by atomic mass is 19.1. The van der Waals surface area contributed by atoms with Crippen LogP contribution in [0.2, 0.25) is 0 Å². The van der Waals surface area contributed by atoms with Crippen LogP contribution >= 0.6 is 0 Å². The minimum atomic E-state index is -0.700. The number of halogens is 1. The number of hydrogen-bond donors (Lipinski definition) is 1. The number of fused-ring (bicyclic) bond motifs is 3. The van der Waals surface area contributed by atoms with Gasteiger partial charge in [-0.05, 0) is 65.6 Å². The van der Waals surface area contributed by atoms with E-state index in [1.807, 2.05) is 24.3 Å². The summed E-state index contributed by atoms with van der Waals surface area (Å²) >= 11 is 0. The van der Waals surface area contributed by atoms with Crippen molar-refractivity contribution in [3.63, 3.8) is 0 Å². The Labute approximate surface area is 205 Å². The van der Waals surface area contributed by atoms with Crippen molar-refractivity contribution in [1.82, 2.24) is 4.98 Å². The molecule has 1 N–H and O–H groups in total. The predicted molar refractivity (Wildman–Crippen MR) is 135 cm³/mol. The largest absolute Gasteiger partial charge is 0.458 e. The van der Waals surface area contributed by atoms with Gasteiger partial charge in [0.05, 0.1) is 23.9 Å². The van der Waals surface area contributed by atoms with Crippen LogP contribution in [0, 0.1) is 5.82 Å². The first-order valence-corrected chi connectivity index (χ1v) is 12.4. The van der Waals surface area contributed by atoms with E-state index >= 15 is 0 Å². The first kappa shape index (κ1) is 23.4. The monoisotopic (exact) mass is 471 g/mol. The van der Waals surface area contributed by atoms with Crippen molar-refractivity contribution in [2.24, 2.45) is 0 Å². The maximum absolute atomic E-state index is 13.9. The smallest absolute Gasteiger partial charge is 0.309 e. The second kappa shape index (κ2) is 9.74. The van der Waals surface area contributed by atoms with Crippen molar-refractivity contribution < 1.29 is 19.0 Å². The Bertz CT molecular complexity index is 1280. The topological polar surface area (TPSA) is 59.4 Å². The molecule has 2 aliphatic rings. The lowest BCUT2D eigenvalue weighted by Crippen LogP contribution is -2.31. The second-order valence-corrected chi connectivity index (χ2v) is 9.77. The van der Waals surface area contributed by atoms with Gasteiger partial charge in [-0.1, -0.05) is 56.3 Å². The molecule has 0 saturated carbocycles. The van der Waals surface area contributed by atoms with Gasteiger partial charge in [0.2, 0.25) is 0 Å². The number of benzene rings is 2. The number of hydrogen-bond acceptors (Lipinski definition) is 4. The van der Waals surface area contributed by atoms with Crippen LogP contribution in [0.1, 0.15) is 61.4 Å². The molecule has 0 unspecified atom stereocenters. The van der Waals surface area contributed by atoms with Gasteiger partial charge in [0.1, 0.15) is 11.9 Å². The van der Waals surface area contributed by atoms with Crippen LogP contribution in [0.25, 0.3) is 28.5 Å². The van der Waals surface area contributed by atoms with E-state index in [1.165, 1.54) is 17.7 Å². The maximum Gasteiger partial charge on any atom is 0.309 e. The number of carbonyl (C=O) groups excluding carboxylic acids is 1. The molecule has 3 aromatic rings. The highest BCUT2D eigenvalue weighted by molar-refractivity contribution is 5.86. The molecule has 4 nitrogen and oxygen atoms in total. The number of esters is 1. The number of cyclic esters (lactones) is 1. The first-order chi connectivity index (χ1) is 16.9. The fourth-order valence-corrected chi connectivity index (χ4v) is 5.23. The van der Waals surface area contributed by atoms with Crippen LogP contribution in [0.3, 0.4) is 0 Å². The lowest BCUT2D eigenvalue weighted by Gasteiger charge is -2.24. The molecule has 0 bridgehead atoms. The first-order valence-electron chi connectivity index (χ1n) is 12.4. The molecular formula is C30H30FNO3. The number of aliphatic hydroxyl groups is 1. The lowest BCUT2D eigenvalue weighted by atomic mass is 9.86. The fourth-order valence-electron chi connectivity index (χ4n) is 5.23. The molecule has 2 atom stereocenters. The summed E-state index contributed by atoms with van der Waals surface area (Å²) in [6.45, 7) is 4.24. The minimum Gasteiger partial charge on any atom is -0.458 e. The Kier molecular flexibility index (Phi) is 6.52. The zero-order valence-electron chi connectivity index (χ0n) is 20.1. The van der Waals surface area contributed by atoms with Crippen LogP contribution in [-0.2, 0) is 22.4 Å². The molecule has 1 saturated heterocycles. The number of aryl methyl sites for hydroxylation is 1. The zero-order valence-corrected chi connectivity index (χ0v) is 20.1. The van der Waals surface area contributed by atoms with E-state index in [1.54, 1.807) is 0 Å². The highest BCUT2D eigenvalue weighted by Gasteiger charge is 2.27. The normalized spacial score (nSPS) is 19.9. The van der Waals surface area contributed by atoms with Gasteiger partial charge >= 0.3 is 5.97 Å². The van der Waals surface area contributed by atoms with E-state index in [2.05, 4.69) is 38.1 Å². The van der Waals surface area contributed by atoms with Crippen molar-refractivity contribution in [3.8, 4) is 22.4 Å². The summed E-state index contributed by atoms with van der Waals surface area (Å²) in [5.41, 5.74) is 8.50. The minimum absolute atomic E-state index is 0.0300. The van der Waals surface area contributed by atoms with Gasteiger partial charge in [0, 0.05) is 17.5 Å². The lowest BCUT2D eigenvalue weighted by molar-refractivity contribution is -0.156. The SMILES string of the molecule is CC(C)c1nc2c(c(-c3ccc(F)cc3)c1C=C[C@@H]1C[C@@H](O)CC(=O)O1)CCCc1ccccc1-2. The average molecular weight is 472 g/mol. The molecular weight excluding hydrogens is 441 g/mol. The molecule has 5 rings (SSSR count). The van der Waals surface area contributed by atoms with Gasteiger partial charge in [-0.3, -0.25) is 9.78 Å². The Morgan fingerprint density at radius 3 is 2.63 bits per heavy atom. The predicted octanol–water partition coefficient (Wildman–Crippen LogP) is 6.25. The molecule has 0 spiro atoms. The van der Waals surface area contributed by atoms with Gasteiger partial charge in [0.25, 0.3) is 0 Å². The number of rotatable bonds is 4. The average Bonchev–Trinajstić information content (AvgIpc) is 3.01. The number of carbonyl (C=O) groups is 1. The van der Waals surface area contributed by atoms with Gasteiger partial charge in [-0.2, -0.15) is 0 Å². The highest BCUT2D eigenvalue weighted by Crippen LogP contribution is 2.42. The van der Waals surface area contributed by atoms with E-state index in [-0.39, 0.29) is 18.2 Å². The number of aliphatic hydroxyl groups excluding tert-OH is 1. The van der Waals surface area contributed by atoms with E-state index in [0.717, 1.165) is 58.5 Å². The summed E-state index contributed by atoms with van der Waals surface area (Å²) in [6, 6.07) is 15.1. The van der Waals surface area contributed by atoms with Crippen molar-refractivity contribution in [3.05, 3.63) is 82.8 Å². The molecule has 0 radical (unpaired) electrons. The summed E-state index contributed by atoms with van der Waals surface area (Å²) in [5, 5.41) is 10.0. The molecule has 1 aromatic heterocycles. The summed E-state index contributed by atoms with van der Waals surface area (Å²) < 4.78 is 19.3. The second-order valence-electron chi connectivity index (χ2n) is 9.77. The van der Waals surface area contributed by atoms with Crippen molar-refractivity contribution >= 4 is 12.0 Å². The maximum atomic E-state index is 13.9. The number of aromatic nitrogens is 1. The zero-order chi connectivity index (χ0) is 24.5. The van der Waals surface area contributed by atoms with E-state index in [9.17, 15) is 14.3 Å². The van der Waals surface area contributed by atoms with Crippen LogP contribution < -0.4 is 0 Å². The fraction of sp³-hybridized carbons (Fsp3) is 0.333. The molecule has 2 aromatic carbocycles. The van der Waals surface area contributed by atoms with Crippen LogP contribution in [0.4, 0.5) is 4.39 Å². The van der Waals surface area contributed by atoms with E-state index in [4.69, 9.17) is 9.72 Å². The molecule has 180 valence electrons. The number of nitrogens with zero attached hydrogens (tertiary/aromatic N) is 1. The van der Waals surface area contributed by atoms with Gasteiger partial charge in [-0.25, -0.2) is 4.39 Å². The standard InChI is InChI=1S/C30H30FNO3/c1-18(2)29-26(15-14-23-16-22(33)17-27(34)35-23)28(20-10-12-21(31)13-11-20)25-9-5-7-19-6-3-4-8-24(19)30(25)32-29/h3-4,6,8,10-15,18,22-23,33H,5,7,9,16-17H2,1-2H3/t22-,23-/m1/s1. The Morgan fingerprint density at radius 1 is 1.11 bits per heavy atom. The van der Waals surface area contributed by atoms with Gasteiger partial charge < -0.3 is 9.84 Å². The molecule has 5 heteroatoms. The van der Waals surface area contributed by atoms with E-state index in [0.29, 0.717) is 6.42 Å². The number of pyridine rings is 1. The summed E-state index contributed by atoms with van der Waals surface area (Å²) in [4.78, 5) is 17.1. The quantitative estimate of drug-likeness (QED) is 0.457. The molecule has 35 heavy (non-hydrogen) atoms.